The average Bonchev–Trinajstić information content (AvgIpc) is 2.47. The number of aromatic nitrogens is 2. The first kappa shape index (κ1) is 13.5. The highest BCUT2D eigenvalue weighted by atomic mass is 16.5. The second kappa shape index (κ2) is 6.85. The number of nitrogens with two attached hydrogens (primary N) is 1. The molecule has 4 nitrogen and oxygen atoms in total. The summed E-state index contributed by atoms with van der Waals surface area (Å²) in [5, 5.41) is 0. The fraction of sp³-hybridized carbons (Fsp3) is 0.333. The van der Waals surface area contributed by atoms with Crippen LogP contribution in [0.3, 0.4) is 0 Å². The lowest BCUT2D eigenvalue weighted by Crippen LogP contribution is -2.03. The van der Waals surface area contributed by atoms with Crippen molar-refractivity contribution < 1.29 is 4.74 Å². The van der Waals surface area contributed by atoms with Gasteiger partial charge in [-0.3, -0.25) is 4.98 Å². The fourth-order valence-electron chi connectivity index (χ4n) is 1.80. The van der Waals surface area contributed by atoms with E-state index >= 15 is 0 Å². The van der Waals surface area contributed by atoms with Gasteiger partial charge in [0.15, 0.2) is 0 Å². The first-order valence-electron chi connectivity index (χ1n) is 6.60. The van der Waals surface area contributed by atoms with Gasteiger partial charge in [0.05, 0.1) is 0 Å². The summed E-state index contributed by atoms with van der Waals surface area (Å²) in [4.78, 5) is 8.29. The van der Waals surface area contributed by atoms with E-state index in [1.54, 1.807) is 12.4 Å². The van der Waals surface area contributed by atoms with Gasteiger partial charge in [-0.15, -0.1) is 0 Å². The monoisotopic (exact) mass is 257 g/mol. The van der Waals surface area contributed by atoms with Crippen molar-refractivity contribution in [3.63, 3.8) is 0 Å². The standard InChI is InChI=1S/C15H19N3O/c1-2-3-4-12-5-7-13(8-6-12)19-15-14(11-16)17-9-10-18-15/h5-10H,2-4,11,16H2,1H3. The maximum absolute atomic E-state index is 5.71. The third-order valence-corrected chi connectivity index (χ3v) is 2.89. The van der Waals surface area contributed by atoms with Gasteiger partial charge in [0.25, 0.3) is 0 Å². The molecule has 0 aliphatic rings. The van der Waals surface area contributed by atoms with Gasteiger partial charge in [-0.1, -0.05) is 25.5 Å². The Kier molecular flexibility index (Phi) is 4.86. The lowest BCUT2D eigenvalue weighted by atomic mass is 10.1. The van der Waals surface area contributed by atoms with E-state index in [4.69, 9.17) is 10.5 Å². The summed E-state index contributed by atoms with van der Waals surface area (Å²) in [5.41, 5.74) is 7.59. The van der Waals surface area contributed by atoms with Gasteiger partial charge >= 0.3 is 0 Å². The molecule has 1 aromatic carbocycles. The Morgan fingerprint density at radius 2 is 1.84 bits per heavy atom. The first-order valence-corrected chi connectivity index (χ1v) is 6.60. The van der Waals surface area contributed by atoms with Crippen molar-refractivity contribution in [3.05, 3.63) is 47.9 Å². The largest absolute Gasteiger partial charge is 0.437 e. The summed E-state index contributed by atoms with van der Waals surface area (Å²) in [6.07, 6.45) is 6.74. The van der Waals surface area contributed by atoms with E-state index in [2.05, 4.69) is 29.0 Å². The summed E-state index contributed by atoms with van der Waals surface area (Å²) in [7, 11) is 0. The Balaban J connectivity index is 2.06. The van der Waals surface area contributed by atoms with Crippen LogP contribution < -0.4 is 10.5 Å². The number of benzene rings is 1. The molecule has 0 aliphatic heterocycles. The normalized spacial score (nSPS) is 10.4. The summed E-state index contributed by atoms with van der Waals surface area (Å²) < 4.78 is 5.71. The molecule has 19 heavy (non-hydrogen) atoms. The average molecular weight is 257 g/mol. The molecule has 2 aromatic rings. The molecule has 0 bridgehead atoms. The van der Waals surface area contributed by atoms with Gasteiger partial charge in [-0.05, 0) is 30.5 Å². The highest BCUT2D eigenvalue weighted by molar-refractivity contribution is 5.31. The quantitative estimate of drug-likeness (QED) is 0.864. The van der Waals surface area contributed by atoms with Crippen LogP contribution in [0, 0.1) is 0 Å². The van der Waals surface area contributed by atoms with Crippen molar-refractivity contribution in [1.29, 1.82) is 0 Å². The second-order valence-corrected chi connectivity index (χ2v) is 4.36. The van der Waals surface area contributed by atoms with Crippen molar-refractivity contribution >= 4 is 0 Å². The molecule has 0 saturated heterocycles. The van der Waals surface area contributed by atoms with Crippen LogP contribution in [0.15, 0.2) is 36.7 Å². The number of hydrogen-bond acceptors (Lipinski definition) is 4. The molecule has 4 heteroatoms. The molecule has 1 aromatic heterocycles. The Hall–Kier alpha value is -1.94. The third kappa shape index (κ3) is 3.76. The number of ether oxygens (including phenoxy) is 1. The third-order valence-electron chi connectivity index (χ3n) is 2.89. The summed E-state index contributed by atoms with van der Waals surface area (Å²) in [6, 6.07) is 8.09. The van der Waals surface area contributed by atoms with E-state index in [9.17, 15) is 0 Å². The molecule has 100 valence electrons. The van der Waals surface area contributed by atoms with E-state index in [1.165, 1.54) is 18.4 Å². The van der Waals surface area contributed by atoms with E-state index < -0.39 is 0 Å². The summed E-state index contributed by atoms with van der Waals surface area (Å²) in [5.74, 6) is 1.24. The molecular weight excluding hydrogens is 238 g/mol. The van der Waals surface area contributed by atoms with Crippen molar-refractivity contribution in [3.8, 4) is 11.6 Å². The molecule has 1 heterocycles. The molecule has 2 N–H and O–H groups in total. The summed E-state index contributed by atoms with van der Waals surface area (Å²) >= 11 is 0. The molecule has 0 radical (unpaired) electrons. The van der Waals surface area contributed by atoms with E-state index in [0.29, 0.717) is 18.1 Å². The molecular formula is C15H19N3O. The van der Waals surface area contributed by atoms with Crippen LogP contribution in [-0.4, -0.2) is 9.97 Å². The number of unbranched alkanes of at least 4 members (excludes halogenated alkanes) is 1. The van der Waals surface area contributed by atoms with Crippen molar-refractivity contribution in [2.45, 2.75) is 32.7 Å². The first-order chi connectivity index (χ1) is 9.33. The Labute approximate surface area is 113 Å². The van der Waals surface area contributed by atoms with Crippen molar-refractivity contribution in [2.75, 3.05) is 0 Å². The Morgan fingerprint density at radius 1 is 1.11 bits per heavy atom. The molecule has 2 rings (SSSR count). The topological polar surface area (TPSA) is 61.0 Å². The van der Waals surface area contributed by atoms with Crippen LogP contribution in [-0.2, 0) is 13.0 Å². The van der Waals surface area contributed by atoms with Gasteiger partial charge in [0.2, 0.25) is 5.88 Å². The minimum Gasteiger partial charge on any atom is -0.437 e. The zero-order valence-corrected chi connectivity index (χ0v) is 11.2. The molecule has 0 unspecified atom stereocenters. The van der Waals surface area contributed by atoms with Crippen LogP contribution >= 0.6 is 0 Å². The van der Waals surface area contributed by atoms with Gasteiger partial charge in [0.1, 0.15) is 11.4 Å². The second-order valence-electron chi connectivity index (χ2n) is 4.36. The molecule has 0 atom stereocenters. The molecule has 0 fully saturated rings. The van der Waals surface area contributed by atoms with Crippen LogP contribution in [0.4, 0.5) is 0 Å². The van der Waals surface area contributed by atoms with Crippen molar-refractivity contribution in [1.82, 2.24) is 9.97 Å². The van der Waals surface area contributed by atoms with Crippen LogP contribution in [0.1, 0.15) is 31.0 Å². The molecule has 0 amide bonds. The van der Waals surface area contributed by atoms with Crippen LogP contribution in [0.2, 0.25) is 0 Å². The predicted octanol–water partition coefficient (Wildman–Crippen LogP) is 3.07. The number of aryl methyl sites for hydroxylation is 1. The Bertz CT molecular complexity index is 511. The molecule has 0 saturated carbocycles. The maximum Gasteiger partial charge on any atom is 0.242 e. The minimum atomic E-state index is 0.317. The minimum absolute atomic E-state index is 0.317. The zero-order valence-electron chi connectivity index (χ0n) is 11.2. The SMILES string of the molecule is CCCCc1ccc(Oc2nccnc2CN)cc1. The summed E-state index contributed by atoms with van der Waals surface area (Å²) in [6.45, 7) is 2.51. The lowest BCUT2D eigenvalue weighted by Gasteiger charge is -2.08. The van der Waals surface area contributed by atoms with Crippen LogP contribution in [0.25, 0.3) is 0 Å². The lowest BCUT2D eigenvalue weighted by molar-refractivity contribution is 0.452. The zero-order chi connectivity index (χ0) is 13.5. The van der Waals surface area contributed by atoms with Crippen LogP contribution in [0.5, 0.6) is 11.6 Å². The molecule has 0 spiro atoms. The highest BCUT2D eigenvalue weighted by Gasteiger charge is 2.05. The van der Waals surface area contributed by atoms with E-state index in [1.807, 2.05) is 12.1 Å². The Morgan fingerprint density at radius 3 is 2.53 bits per heavy atom. The van der Waals surface area contributed by atoms with Gasteiger partial charge in [0, 0.05) is 18.9 Å². The smallest absolute Gasteiger partial charge is 0.242 e. The highest BCUT2D eigenvalue weighted by Crippen LogP contribution is 2.22. The van der Waals surface area contributed by atoms with Gasteiger partial charge in [-0.2, -0.15) is 0 Å². The molecule has 0 aliphatic carbocycles. The predicted molar refractivity (Wildman–Crippen MR) is 75.1 cm³/mol. The van der Waals surface area contributed by atoms with Gasteiger partial charge in [-0.25, -0.2) is 4.98 Å². The fourth-order valence-corrected chi connectivity index (χ4v) is 1.80. The van der Waals surface area contributed by atoms with E-state index in [-0.39, 0.29) is 0 Å². The number of rotatable bonds is 6. The van der Waals surface area contributed by atoms with Crippen molar-refractivity contribution in [2.24, 2.45) is 5.73 Å². The number of hydrogen-bond donors (Lipinski definition) is 1. The van der Waals surface area contributed by atoms with E-state index in [0.717, 1.165) is 12.2 Å². The van der Waals surface area contributed by atoms with Gasteiger partial charge < -0.3 is 10.5 Å². The number of nitrogens with zero attached hydrogens (tertiary/aromatic N) is 2. The maximum atomic E-state index is 5.71.